The lowest BCUT2D eigenvalue weighted by Crippen LogP contribution is -2.69. The molecule has 0 saturated carbocycles. The van der Waals surface area contributed by atoms with E-state index in [4.69, 9.17) is 15.5 Å². The maximum Gasteiger partial charge on any atom is 0.257 e. The normalized spacial score (nSPS) is 42.5. The van der Waals surface area contributed by atoms with Crippen molar-refractivity contribution in [1.82, 2.24) is 5.32 Å². The van der Waals surface area contributed by atoms with E-state index in [1.54, 1.807) is 0 Å². The minimum absolute atomic E-state index is 0.189. The van der Waals surface area contributed by atoms with Gasteiger partial charge in [0.2, 0.25) is 0 Å². The van der Waals surface area contributed by atoms with Crippen LogP contribution in [-0.2, 0) is 9.78 Å². The van der Waals surface area contributed by atoms with Gasteiger partial charge in [-0.1, -0.05) is 6.08 Å². The zero-order chi connectivity index (χ0) is 8.23. The average molecular weight is 168 g/mol. The molecule has 2 fully saturated rings. The highest BCUT2D eigenvalue weighted by Gasteiger charge is 2.69. The highest BCUT2D eigenvalue weighted by Crippen LogP contribution is 2.53. The van der Waals surface area contributed by atoms with E-state index in [1.807, 2.05) is 0 Å². The molecule has 12 heavy (non-hydrogen) atoms. The van der Waals surface area contributed by atoms with E-state index in [0.717, 1.165) is 31.5 Å². The molecule has 2 aliphatic heterocycles. The summed E-state index contributed by atoms with van der Waals surface area (Å²) in [5.41, 5.74) is 6.63. The minimum atomic E-state index is -0.413. The predicted molar refractivity (Wildman–Crippen MR) is 41.8 cm³/mol. The quantitative estimate of drug-likeness (QED) is 0.395. The number of fused-ring (bicyclic) bond motifs is 1. The fourth-order valence-corrected chi connectivity index (χ4v) is 2.25. The summed E-state index contributed by atoms with van der Waals surface area (Å²) in [4.78, 5) is 10.2. The van der Waals surface area contributed by atoms with E-state index in [2.05, 4.69) is 11.4 Å². The first kappa shape index (κ1) is 6.88. The van der Waals surface area contributed by atoms with Gasteiger partial charge >= 0.3 is 0 Å². The zero-order valence-corrected chi connectivity index (χ0v) is 6.80. The fraction of sp³-hybridized carbons (Fsp3) is 0.750. The lowest BCUT2D eigenvalue weighted by atomic mass is 9.72. The number of hydrogen-bond donors (Lipinski definition) is 2. The molecule has 1 aliphatic carbocycles. The molecule has 3 N–H and O–H groups in total. The topological polar surface area (TPSA) is 63.1 Å². The summed E-state index contributed by atoms with van der Waals surface area (Å²) in [5, 5.41) is 3.32. The molecular weight excluding hydrogens is 156 g/mol. The Hall–Kier alpha value is -0.580. The van der Waals surface area contributed by atoms with Crippen LogP contribution in [0.3, 0.4) is 0 Å². The first-order valence-electron chi connectivity index (χ1n) is 4.37. The molecule has 0 aromatic heterocycles. The van der Waals surface area contributed by atoms with E-state index in [1.165, 1.54) is 0 Å². The molecule has 66 valence electrons. The third-order valence-electron chi connectivity index (χ3n) is 3.19. The molecule has 2 heterocycles. The van der Waals surface area contributed by atoms with E-state index in [0.29, 0.717) is 0 Å². The standard InChI is InChI=1S/C8H12N2O2/c9-6-2-1-3-8(11-12-8)7(6)4-5-10-7/h2,10H,1,3-5,9H2. The summed E-state index contributed by atoms with van der Waals surface area (Å²) in [7, 11) is 0. The van der Waals surface area contributed by atoms with Crippen molar-refractivity contribution in [2.75, 3.05) is 6.54 Å². The number of hydrogen-bond acceptors (Lipinski definition) is 4. The molecule has 0 aromatic carbocycles. The zero-order valence-electron chi connectivity index (χ0n) is 6.80. The van der Waals surface area contributed by atoms with Crippen LogP contribution in [0.5, 0.6) is 0 Å². The van der Waals surface area contributed by atoms with Crippen LogP contribution in [0.1, 0.15) is 19.3 Å². The van der Waals surface area contributed by atoms with Gasteiger partial charge in [-0.25, -0.2) is 0 Å². The van der Waals surface area contributed by atoms with Crippen LogP contribution in [0.25, 0.3) is 0 Å². The van der Waals surface area contributed by atoms with Gasteiger partial charge in [-0.05, 0) is 19.4 Å². The molecule has 0 aromatic rings. The molecule has 0 radical (unpaired) electrons. The van der Waals surface area contributed by atoms with Crippen molar-refractivity contribution >= 4 is 0 Å². The molecule has 0 amide bonds. The Morgan fingerprint density at radius 2 is 2.17 bits per heavy atom. The van der Waals surface area contributed by atoms with Crippen LogP contribution >= 0.6 is 0 Å². The van der Waals surface area contributed by atoms with Gasteiger partial charge in [0, 0.05) is 12.1 Å². The van der Waals surface area contributed by atoms with Gasteiger partial charge in [-0.3, -0.25) is 0 Å². The Balaban J connectivity index is 2.02. The van der Waals surface area contributed by atoms with Crippen LogP contribution in [0.4, 0.5) is 0 Å². The summed E-state index contributed by atoms with van der Waals surface area (Å²) in [6.45, 7) is 1.00. The molecule has 1 atom stereocenters. The van der Waals surface area contributed by atoms with Crippen LogP contribution in [0.2, 0.25) is 0 Å². The van der Waals surface area contributed by atoms with Gasteiger partial charge in [0.05, 0.1) is 0 Å². The van der Waals surface area contributed by atoms with Crippen molar-refractivity contribution in [3.8, 4) is 0 Å². The van der Waals surface area contributed by atoms with Crippen LogP contribution in [-0.4, -0.2) is 17.9 Å². The summed E-state index contributed by atoms with van der Waals surface area (Å²) in [6.07, 6.45) is 4.97. The molecule has 0 bridgehead atoms. The average Bonchev–Trinajstić information content (AvgIpc) is 2.66. The van der Waals surface area contributed by atoms with Gasteiger partial charge < -0.3 is 11.1 Å². The van der Waals surface area contributed by atoms with Gasteiger partial charge in [-0.15, -0.1) is 0 Å². The molecule has 4 heteroatoms. The van der Waals surface area contributed by atoms with Crippen molar-refractivity contribution in [2.24, 2.45) is 5.73 Å². The van der Waals surface area contributed by atoms with Crippen LogP contribution in [0.15, 0.2) is 11.8 Å². The second-order valence-corrected chi connectivity index (χ2v) is 3.70. The Morgan fingerprint density at radius 1 is 1.42 bits per heavy atom. The molecule has 3 aliphatic rings. The van der Waals surface area contributed by atoms with Gasteiger partial charge in [-0.2, -0.15) is 9.78 Å². The van der Waals surface area contributed by atoms with Crippen molar-refractivity contribution in [1.29, 1.82) is 0 Å². The third kappa shape index (κ3) is 0.564. The largest absolute Gasteiger partial charge is 0.401 e. The highest BCUT2D eigenvalue weighted by molar-refractivity contribution is 5.31. The maximum absolute atomic E-state index is 5.93. The van der Waals surface area contributed by atoms with Gasteiger partial charge in [0.1, 0.15) is 5.54 Å². The van der Waals surface area contributed by atoms with Crippen LogP contribution < -0.4 is 11.1 Å². The lowest BCUT2D eigenvalue weighted by molar-refractivity contribution is 0.0850. The Bertz CT molecular complexity index is 254. The smallest absolute Gasteiger partial charge is 0.257 e. The highest BCUT2D eigenvalue weighted by atomic mass is 17.4. The summed E-state index contributed by atoms with van der Waals surface area (Å²) in [5.74, 6) is -0.413. The second kappa shape index (κ2) is 1.84. The SMILES string of the molecule is NC1=CCCC2(OO2)C12CCN2. The Morgan fingerprint density at radius 3 is 2.58 bits per heavy atom. The maximum atomic E-state index is 5.93. The van der Waals surface area contributed by atoms with Crippen molar-refractivity contribution < 1.29 is 9.78 Å². The van der Waals surface area contributed by atoms with Crippen molar-refractivity contribution in [2.45, 2.75) is 30.6 Å². The predicted octanol–water partition coefficient (Wildman–Crippen LogP) is 0.0130. The molecule has 1 unspecified atom stereocenters. The minimum Gasteiger partial charge on any atom is -0.401 e. The summed E-state index contributed by atoms with van der Waals surface area (Å²) < 4.78 is 0. The number of allylic oxidation sites excluding steroid dienone is 1. The van der Waals surface area contributed by atoms with E-state index in [9.17, 15) is 0 Å². The van der Waals surface area contributed by atoms with Crippen molar-refractivity contribution in [3.63, 3.8) is 0 Å². The van der Waals surface area contributed by atoms with E-state index in [-0.39, 0.29) is 5.54 Å². The van der Waals surface area contributed by atoms with E-state index < -0.39 is 5.79 Å². The molecule has 4 nitrogen and oxygen atoms in total. The second-order valence-electron chi connectivity index (χ2n) is 3.70. The number of nitrogens with two attached hydrogens (primary N) is 1. The first-order valence-corrected chi connectivity index (χ1v) is 4.37. The van der Waals surface area contributed by atoms with Crippen LogP contribution in [0, 0.1) is 0 Å². The van der Waals surface area contributed by atoms with Crippen molar-refractivity contribution in [3.05, 3.63) is 11.8 Å². The van der Waals surface area contributed by atoms with E-state index >= 15 is 0 Å². The monoisotopic (exact) mass is 168 g/mol. The molecule has 2 spiro atoms. The Kier molecular flexibility index (Phi) is 1.06. The Labute approximate surface area is 70.6 Å². The number of rotatable bonds is 0. The molecule has 3 rings (SSSR count). The lowest BCUT2D eigenvalue weighted by Gasteiger charge is -2.47. The third-order valence-corrected chi connectivity index (χ3v) is 3.19. The van der Waals surface area contributed by atoms with Gasteiger partial charge in [0.25, 0.3) is 5.79 Å². The first-order chi connectivity index (χ1) is 5.79. The summed E-state index contributed by atoms with van der Waals surface area (Å²) in [6, 6.07) is 0. The van der Waals surface area contributed by atoms with Gasteiger partial charge in [0.15, 0.2) is 0 Å². The molecular formula is C8H12N2O2. The number of nitrogens with one attached hydrogen (secondary N) is 1. The molecule has 2 saturated heterocycles. The summed E-state index contributed by atoms with van der Waals surface area (Å²) >= 11 is 0. The fourth-order valence-electron chi connectivity index (χ4n) is 2.25.